The summed E-state index contributed by atoms with van der Waals surface area (Å²) in [7, 11) is 1.83. The van der Waals surface area contributed by atoms with E-state index in [4.69, 9.17) is 5.73 Å². The topological polar surface area (TPSA) is 72.9 Å². The Kier molecular flexibility index (Phi) is 4.06. The zero-order valence-electron chi connectivity index (χ0n) is 10.4. The first-order valence-electron chi connectivity index (χ1n) is 5.51. The quantitative estimate of drug-likeness (QED) is 0.782. The average molecular weight is 224 g/mol. The van der Waals surface area contributed by atoms with Crippen LogP contribution in [0.25, 0.3) is 0 Å². The second kappa shape index (κ2) is 5.12. The van der Waals surface area contributed by atoms with Crippen molar-refractivity contribution in [3.63, 3.8) is 0 Å². The predicted molar refractivity (Wildman–Crippen MR) is 63.3 cm³/mol. The number of carbonyl (C=O) groups excluding carboxylic acids is 1. The summed E-state index contributed by atoms with van der Waals surface area (Å²) in [6.45, 7) is 6.22. The second-order valence-electron chi connectivity index (χ2n) is 4.05. The fraction of sp³-hybridized carbons (Fsp3) is 0.636. The number of nitrogens with two attached hydrogens (primary N) is 1. The van der Waals surface area contributed by atoms with Gasteiger partial charge in [0.15, 0.2) is 0 Å². The molecule has 0 radical (unpaired) electrons. The maximum atomic E-state index is 11.9. The molecule has 0 fully saturated rings. The average Bonchev–Trinajstić information content (AvgIpc) is 2.49. The molecule has 0 bridgehead atoms. The van der Waals surface area contributed by atoms with Crippen LogP contribution < -0.4 is 11.1 Å². The normalized spacial score (nSPS) is 12.6. The van der Waals surface area contributed by atoms with E-state index in [0.29, 0.717) is 12.1 Å². The molecule has 3 N–H and O–H groups in total. The molecule has 0 saturated carbocycles. The Labute approximate surface area is 96.0 Å². The van der Waals surface area contributed by atoms with Gasteiger partial charge in [0.2, 0.25) is 0 Å². The number of nitrogens with zero attached hydrogens (tertiary/aromatic N) is 2. The van der Waals surface area contributed by atoms with Gasteiger partial charge in [-0.25, -0.2) is 0 Å². The molecule has 5 heteroatoms. The molecule has 0 spiro atoms. The van der Waals surface area contributed by atoms with E-state index in [1.807, 2.05) is 27.8 Å². The Balaban J connectivity index is 2.73. The second-order valence-corrected chi connectivity index (χ2v) is 4.05. The highest BCUT2D eigenvalue weighted by molar-refractivity contribution is 5.96. The highest BCUT2D eigenvalue weighted by atomic mass is 16.1. The van der Waals surface area contributed by atoms with Crippen molar-refractivity contribution in [3.8, 4) is 0 Å². The molecule has 1 unspecified atom stereocenters. The molecule has 0 aliphatic rings. The minimum absolute atomic E-state index is 0.0150. The lowest BCUT2D eigenvalue weighted by Gasteiger charge is -2.10. The molecule has 5 nitrogen and oxygen atoms in total. The summed E-state index contributed by atoms with van der Waals surface area (Å²) >= 11 is 0. The number of hydrogen-bond donors (Lipinski definition) is 2. The lowest BCUT2D eigenvalue weighted by molar-refractivity contribution is 0.0949. The van der Waals surface area contributed by atoms with Crippen LogP contribution in [0.3, 0.4) is 0 Å². The zero-order valence-corrected chi connectivity index (χ0v) is 10.4. The van der Waals surface area contributed by atoms with Crippen LogP contribution in [0.2, 0.25) is 0 Å². The van der Waals surface area contributed by atoms with E-state index in [9.17, 15) is 4.79 Å². The summed E-state index contributed by atoms with van der Waals surface area (Å²) in [6.07, 6.45) is 0.852. The molecule has 1 aromatic rings. The van der Waals surface area contributed by atoms with Crippen molar-refractivity contribution in [2.75, 3.05) is 6.54 Å². The minimum Gasteiger partial charge on any atom is -0.350 e. The first-order chi connectivity index (χ1) is 7.47. The van der Waals surface area contributed by atoms with Crippen LogP contribution in [0, 0.1) is 13.8 Å². The standard InChI is InChI=1S/C11H20N4O/c1-5-9(12)6-13-11(16)10-7(2)14-15(4)8(10)3/h9H,5-6,12H2,1-4H3,(H,13,16). The maximum Gasteiger partial charge on any atom is 0.255 e. The van der Waals surface area contributed by atoms with Gasteiger partial charge in [-0.3, -0.25) is 9.48 Å². The van der Waals surface area contributed by atoms with Crippen LogP contribution in [-0.4, -0.2) is 28.3 Å². The third-order valence-electron chi connectivity index (χ3n) is 2.79. The summed E-state index contributed by atoms with van der Waals surface area (Å²) in [6, 6.07) is 0.0150. The number of aromatic nitrogens is 2. The predicted octanol–water partition coefficient (Wildman–Crippen LogP) is 0.504. The van der Waals surface area contributed by atoms with Gasteiger partial charge in [0.25, 0.3) is 5.91 Å². The molecule has 0 aliphatic carbocycles. The van der Waals surface area contributed by atoms with E-state index in [-0.39, 0.29) is 11.9 Å². The molecule has 1 heterocycles. The van der Waals surface area contributed by atoms with Crippen molar-refractivity contribution in [2.24, 2.45) is 12.8 Å². The number of aryl methyl sites for hydroxylation is 2. The third kappa shape index (κ3) is 2.61. The molecule has 0 aliphatic heterocycles. The number of carbonyl (C=O) groups is 1. The van der Waals surface area contributed by atoms with E-state index in [1.165, 1.54) is 0 Å². The Bertz CT molecular complexity index is 384. The van der Waals surface area contributed by atoms with Crippen molar-refractivity contribution in [3.05, 3.63) is 17.0 Å². The monoisotopic (exact) mass is 224 g/mol. The molecule has 1 rings (SSSR count). The van der Waals surface area contributed by atoms with Crippen LogP contribution in [0.5, 0.6) is 0 Å². The maximum absolute atomic E-state index is 11.9. The Morgan fingerprint density at radius 1 is 1.56 bits per heavy atom. The van der Waals surface area contributed by atoms with E-state index in [0.717, 1.165) is 17.8 Å². The summed E-state index contributed by atoms with van der Waals surface area (Å²) in [5, 5.41) is 7.03. The number of rotatable bonds is 4. The minimum atomic E-state index is -0.0907. The molecular weight excluding hydrogens is 204 g/mol. The smallest absolute Gasteiger partial charge is 0.255 e. The lowest BCUT2D eigenvalue weighted by Crippen LogP contribution is -2.37. The van der Waals surface area contributed by atoms with Gasteiger partial charge in [-0.15, -0.1) is 0 Å². The molecule has 16 heavy (non-hydrogen) atoms. The Morgan fingerprint density at radius 2 is 2.19 bits per heavy atom. The summed E-state index contributed by atoms with van der Waals surface area (Å²) in [5.41, 5.74) is 8.03. The van der Waals surface area contributed by atoms with E-state index in [1.54, 1.807) is 4.68 Å². The van der Waals surface area contributed by atoms with Gasteiger partial charge in [-0.05, 0) is 20.3 Å². The lowest BCUT2D eigenvalue weighted by atomic mass is 10.1. The summed E-state index contributed by atoms with van der Waals surface area (Å²) in [5.74, 6) is -0.0907. The van der Waals surface area contributed by atoms with E-state index < -0.39 is 0 Å². The number of hydrogen-bond acceptors (Lipinski definition) is 3. The summed E-state index contributed by atoms with van der Waals surface area (Å²) in [4.78, 5) is 11.9. The van der Waals surface area contributed by atoms with Gasteiger partial charge < -0.3 is 11.1 Å². The SMILES string of the molecule is CCC(N)CNC(=O)c1c(C)nn(C)c1C. The highest BCUT2D eigenvalue weighted by Gasteiger charge is 2.17. The van der Waals surface area contributed by atoms with Crippen molar-refractivity contribution in [1.82, 2.24) is 15.1 Å². The van der Waals surface area contributed by atoms with E-state index >= 15 is 0 Å². The van der Waals surface area contributed by atoms with Crippen LogP contribution in [0.1, 0.15) is 35.1 Å². The van der Waals surface area contributed by atoms with Gasteiger partial charge in [0, 0.05) is 25.3 Å². The highest BCUT2D eigenvalue weighted by Crippen LogP contribution is 2.11. The van der Waals surface area contributed by atoms with Crippen LogP contribution >= 0.6 is 0 Å². The van der Waals surface area contributed by atoms with Gasteiger partial charge in [0.1, 0.15) is 0 Å². The first kappa shape index (κ1) is 12.7. The largest absolute Gasteiger partial charge is 0.350 e. The Morgan fingerprint density at radius 3 is 2.62 bits per heavy atom. The molecular formula is C11H20N4O. The van der Waals surface area contributed by atoms with Crippen molar-refractivity contribution in [1.29, 1.82) is 0 Å². The number of nitrogens with one attached hydrogen (secondary N) is 1. The molecule has 90 valence electrons. The first-order valence-corrected chi connectivity index (χ1v) is 5.51. The van der Waals surface area contributed by atoms with Gasteiger partial charge in [-0.1, -0.05) is 6.92 Å². The van der Waals surface area contributed by atoms with Crippen LogP contribution in [-0.2, 0) is 7.05 Å². The van der Waals surface area contributed by atoms with Gasteiger partial charge in [-0.2, -0.15) is 5.10 Å². The number of amides is 1. The molecule has 1 aromatic heterocycles. The molecule has 0 aromatic carbocycles. The zero-order chi connectivity index (χ0) is 12.3. The van der Waals surface area contributed by atoms with Crippen molar-refractivity contribution >= 4 is 5.91 Å². The van der Waals surface area contributed by atoms with Crippen molar-refractivity contribution in [2.45, 2.75) is 33.2 Å². The fourth-order valence-electron chi connectivity index (χ4n) is 1.56. The Hall–Kier alpha value is -1.36. The van der Waals surface area contributed by atoms with Crippen LogP contribution in [0.4, 0.5) is 0 Å². The molecule has 1 amide bonds. The van der Waals surface area contributed by atoms with Gasteiger partial charge in [0.05, 0.1) is 11.3 Å². The summed E-state index contributed by atoms with van der Waals surface area (Å²) < 4.78 is 1.71. The molecule has 1 atom stereocenters. The van der Waals surface area contributed by atoms with Crippen LogP contribution in [0.15, 0.2) is 0 Å². The van der Waals surface area contributed by atoms with E-state index in [2.05, 4.69) is 10.4 Å². The van der Waals surface area contributed by atoms with Crippen molar-refractivity contribution < 1.29 is 4.79 Å². The molecule has 0 saturated heterocycles. The van der Waals surface area contributed by atoms with Gasteiger partial charge >= 0.3 is 0 Å². The third-order valence-corrected chi connectivity index (χ3v) is 2.79. The fourth-order valence-corrected chi connectivity index (χ4v) is 1.56.